The largest absolute Gasteiger partial charge is 0.394 e. The van der Waals surface area contributed by atoms with Crippen molar-refractivity contribution in [1.29, 1.82) is 0 Å². The number of aliphatic hydroxyl groups is 2. The molecule has 2 aliphatic heterocycles. The van der Waals surface area contributed by atoms with Gasteiger partial charge in [-0.1, -0.05) is 5.21 Å². The average Bonchev–Trinajstić information content (AvgIpc) is 3.57. The molecule has 0 radical (unpaired) electrons. The summed E-state index contributed by atoms with van der Waals surface area (Å²) in [5.74, 6) is 0. The Labute approximate surface area is 207 Å². The van der Waals surface area contributed by atoms with Crippen LogP contribution in [0, 0.1) is 13.8 Å². The molecule has 0 spiro atoms. The number of hydrogen-bond acceptors (Lipinski definition) is 10. The Bertz CT molecular complexity index is 1530. The van der Waals surface area contributed by atoms with Crippen molar-refractivity contribution in [2.45, 2.75) is 69.9 Å². The topological polar surface area (TPSA) is 199 Å². The van der Waals surface area contributed by atoms with Crippen molar-refractivity contribution in [2.75, 3.05) is 6.61 Å². The molecule has 0 bridgehead atoms. The van der Waals surface area contributed by atoms with Crippen molar-refractivity contribution < 1.29 is 19.7 Å². The van der Waals surface area contributed by atoms with Gasteiger partial charge in [0.2, 0.25) is 0 Å². The van der Waals surface area contributed by atoms with Crippen LogP contribution < -0.4 is 22.5 Å². The van der Waals surface area contributed by atoms with E-state index in [1.807, 2.05) is 0 Å². The highest BCUT2D eigenvalue weighted by molar-refractivity contribution is 5.05. The summed E-state index contributed by atoms with van der Waals surface area (Å²) in [6.45, 7) is 2.82. The van der Waals surface area contributed by atoms with Crippen LogP contribution in [0.5, 0.6) is 0 Å². The van der Waals surface area contributed by atoms with E-state index < -0.39 is 59.3 Å². The number of nitrogens with one attached hydrogen (secondary N) is 2. The Hall–Kier alpha value is -3.66. The summed E-state index contributed by atoms with van der Waals surface area (Å²) in [5, 5.41) is 28.7. The van der Waals surface area contributed by atoms with Crippen LogP contribution in [0.2, 0.25) is 0 Å². The van der Waals surface area contributed by atoms with Crippen LogP contribution in [0.25, 0.3) is 0 Å². The molecule has 0 aromatic carbocycles. The second-order valence-corrected chi connectivity index (χ2v) is 9.40. The molecule has 198 valence electrons. The smallest absolute Gasteiger partial charge is 0.330 e. The quantitative estimate of drug-likeness (QED) is 0.284. The summed E-state index contributed by atoms with van der Waals surface area (Å²) in [7, 11) is 0. The number of aromatic nitrogens is 7. The summed E-state index contributed by atoms with van der Waals surface area (Å²) in [6.07, 6.45) is 1.42. The van der Waals surface area contributed by atoms with Gasteiger partial charge >= 0.3 is 11.4 Å². The van der Waals surface area contributed by atoms with Gasteiger partial charge in [0.1, 0.15) is 18.6 Å². The summed E-state index contributed by atoms with van der Waals surface area (Å²) in [4.78, 5) is 52.3. The number of aryl methyl sites for hydroxylation is 2. The van der Waals surface area contributed by atoms with Gasteiger partial charge in [0.05, 0.1) is 30.6 Å². The van der Waals surface area contributed by atoms with Crippen molar-refractivity contribution >= 4 is 0 Å². The molecule has 3 aromatic rings. The number of nitrogens with zero attached hydrogens (tertiary/aromatic N) is 5. The Morgan fingerprint density at radius 2 is 1.49 bits per heavy atom. The lowest BCUT2D eigenvalue weighted by Gasteiger charge is -2.16. The maximum atomic E-state index is 12.3. The number of aliphatic hydroxyl groups excluding tert-OH is 2. The molecule has 0 amide bonds. The van der Waals surface area contributed by atoms with Crippen LogP contribution in [0.1, 0.15) is 48.2 Å². The monoisotopic (exact) mass is 517 g/mol. The van der Waals surface area contributed by atoms with E-state index in [0.717, 1.165) is 0 Å². The Morgan fingerprint density at radius 3 is 2.08 bits per heavy atom. The zero-order valence-electron chi connectivity index (χ0n) is 20.1. The normalized spacial score (nSPS) is 27.7. The Balaban J connectivity index is 1.30. The summed E-state index contributed by atoms with van der Waals surface area (Å²) >= 11 is 0. The molecule has 6 atom stereocenters. The summed E-state index contributed by atoms with van der Waals surface area (Å²) in [5.41, 5.74) is -0.992. The SMILES string of the molecule is Cc1cn([C@H]2C[C@@H](O)[C@@H](Cc3cn([C@H]4C[C@H](n5cc(C)c(=O)[nH]c5=O)O[C@@H]4CO)nn3)O2)c(=O)[nH]c1=O. The molecule has 0 aliphatic carbocycles. The highest BCUT2D eigenvalue weighted by Gasteiger charge is 2.39. The van der Waals surface area contributed by atoms with Crippen LogP contribution in [0.3, 0.4) is 0 Å². The van der Waals surface area contributed by atoms with E-state index in [9.17, 15) is 29.4 Å². The fourth-order valence-corrected chi connectivity index (χ4v) is 4.77. The Morgan fingerprint density at radius 1 is 0.919 bits per heavy atom. The summed E-state index contributed by atoms with van der Waals surface area (Å²) < 4.78 is 15.8. The lowest BCUT2D eigenvalue weighted by atomic mass is 10.1. The van der Waals surface area contributed by atoms with Crippen LogP contribution in [0.4, 0.5) is 0 Å². The van der Waals surface area contributed by atoms with Crippen LogP contribution >= 0.6 is 0 Å². The minimum atomic E-state index is -0.881. The van der Waals surface area contributed by atoms with E-state index in [0.29, 0.717) is 23.2 Å². The molecule has 2 aliphatic rings. The van der Waals surface area contributed by atoms with E-state index in [1.54, 1.807) is 20.0 Å². The predicted molar refractivity (Wildman–Crippen MR) is 125 cm³/mol. The molecule has 15 heteroatoms. The van der Waals surface area contributed by atoms with Gasteiger partial charge in [-0.2, -0.15) is 0 Å². The molecular weight excluding hydrogens is 490 g/mol. The van der Waals surface area contributed by atoms with Gasteiger partial charge in [0.25, 0.3) is 11.1 Å². The van der Waals surface area contributed by atoms with Crippen molar-refractivity contribution in [3.05, 3.63) is 77.1 Å². The van der Waals surface area contributed by atoms with Gasteiger partial charge in [-0.25, -0.2) is 14.3 Å². The number of hydrogen-bond donors (Lipinski definition) is 4. The minimum absolute atomic E-state index is 0.155. The van der Waals surface area contributed by atoms with E-state index in [2.05, 4.69) is 20.3 Å². The van der Waals surface area contributed by atoms with Crippen LogP contribution in [-0.4, -0.2) is 69.2 Å². The molecule has 0 unspecified atom stereocenters. The average molecular weight is 517 g/mol. The Kier molecular flexibility index (Phi) is 6.53. The molecule has 5 heterocycles. The van der Waals surface area contributed by atoms with Crippen LogP contribution in [-0.2, 0) is 15.9 Å². The van der Waals surface area contributed by atoms with Gasteiger partial charge in [-0.3, -0.25) is 28.7 Å². The van der Waals surface area contributed by atoms with E-state index in [1.165, 1.54) is 26.2 Å². The first-order chi connectivity index (χ1) is 17.6. The minimum Gasteiger partial charge on any atom is -0.394 e. The second kappa shape index (κ2) is 9.66. The maximum absolute atomic E-state index is 12.3. The van der Waals surface area contributed by atoms with Crippen molar-refractivity contribution in [3.8, 4) is 0 Å². The van der Waals surface area contributed by atoms with Gasteiger partial charge < -0.3 is 19.7 Å². The predicted octanol–water partition coefficient (Wildman–Crippen LogP) is -1.99. The van der Waals surface area contributed by atoms with Gasteiger partial charge in [-0.15, -0.1) is 5.10 Å². The molecular formula is C22H27N7O8. The molecule has 15 nitrogen and oxygen atoms in total. The van der Waals surface area contributed by atoms with E-state index in [4.69, 9.17) is 9.47 Å². The number of ether oxygens (including phenoxy) is 2. The zero-order valence-corrected chi connectivity index (χ0v) is 20.1. The van der Waals surface area contributed by atoms with Gasteiger partial charge in [0.15, 0.2) is 0 Å². The number of rotatable bonds is 6. The van der Waals surface area contributed by atoms with Gasteiger partial charge in [-0.05, 0) is 13.8 Å². The third kappa shape index (κ3) is 4.73. The molecule has 2 fully saturated rings. The maximum Gasteiger partial charge on any atom is 0.330 e. The van der Waals surface area contributed by atoms with Crippen molar-refractivity contribution in [2.24, 2.45) is 0 Å². The lowest BCUT2D eigenvalue weighted by molar-refractivity contribution is -0.0323. The molecule has 4 N–H and O–H groups in total. The fraction of sp³-hybridized carbons (Fsp3) is 0.545. The third-order valence-electron chi connectivity index (χ3n) is 6.81. The molecule has 2 saturated heterocycles. The highest BCUT2D eigenvalue weighted by Crippen LogP contribution is 2.36. The molecule has 37 heavy (non-hydrogen) atoms. The van der Waals surface area contributed by atoms with E-state index >= 15 is 0 Å². The first-order valence-electron chi connectivity index (χ1n) is 11.8. The lowest BCUT2D eigenvalue weighted by Crippen LogP contribution is -2.33. The zero-order chi connectivity index (χ0) is 26.4. The first kappa shape index (κ1) is 25.0. The molecule has 0 saturated carbocycles. The number of H-pyrrole nitrogens is 2. The van der Waals surface area contributed by atoms with E-state index in [-0.39, 0.29) is 19.4 Å². The second-order valence-electron chi connectivity index (χ2n) is 9.40. The van der Waals surface area contributed by atoms with Crippen LogP contribution in [0.15, 0.2) is 37.8 Å². The highest BCUT2D eigenvalue weighted by atomic mass is 16.5. The summed E-state index contributed by atoms with van der Waals surface area (Å²) in [6, 6.07) is -0.444. The first-order valence-corrected chi connectivity index (χ1v) is 11.8. The fourth-order valence-electron chi connectivity index (χ4n) is 4.77. The third-order valence-corrected chi connectivity index (χ3v) is 6.81. The molecule has 5 rings (SSSR count). The van der Waals surface area contributed by atoms with Gasteiger partial charge in [0, 0.05) is 49.0 Å². The van der Waals surface area contributed by atoms with Crippen molar-refractivity contribution in [1.82, 2.24) is 34.1 Å². The number of aromatic amines is 2. The molecule has 3 aromatic heterocycles. The standard InChI is InChI=1S/C22H27N7O8/c1-10-6-27(21(34)23-19(10)32)17-4-13(16(9-30)37-17)29-8-12(25-26-29)3-15-14(31)5-18(36-15)28-7-11(2)20(33)24-22(28)35/h6-8,13-18,30-31H,3-5,9H2,1-2H3,(H,23,32,34)(H,24,33,35)/t13-,14+,15+,16+,17+,18+/m0/s1. The van der Waals surface area contributed by atoms with Crippen molar-refractivity contribution in [3.63, 3.8) is 0 Å².